The van der Waals surface area contributed by atoms with Gasteiger partial charge in [0.25, 0.3) is 11.1 Å². The zero-order valence-electron chi connectivity index (χ0n) is 17.8. The van der Waals surface area contributed by atoms with Gasteiger partial charge in [-0.05, 0) is 59.3 Å². The Labute approximate surface area is 203 Å². The number of aromatic carboxylic acids is 1. The van der Waals surface area contributed by atoms with Gasteiger partial charge in [0.15, 0.2) is 11.5 Å². The molecule has 1 N–H and O–H groups in total. The number of imide groups is 1. The van der Waals surface area contributed by atoms with Crippen molar-refractivity contribution in [3.8, 4) is 11.5 Å². The number of halogens is 1. The van der Waals surface area contributed by atoms with Crippen LogP contribution in [-0.4, -0.2) is 34.2 Å². The Hall–Kier alpha value is -3.69. The van der Waals surface area contributed by atoms with Gasteiger partial charge >= 0.3 is 5.97 Å². The standard InChI is InChI=1S/C24H18ClNO7S/c1-31-20-10-14(6-8-18(20)32-13-16-7-9-19(33-16)23(28)29)11-21-22(27)26(24(30)34-21)12-15-4-2-3-5-17(15)25/h2-11H,12-13H2,1H3,(H,28,29). The lowest BCUT2D eigenvalue weighted by molar-refractivity contribution is -0.123. The molecule has 8 nitrogen and oxygen atoms in total. The number of rotatable bonds is 8. The number of benzene rings is 2. The highest BCUT2D eigenvalue weighted by Crippen LogP contribution is 2.36. The van der Waals surface area contributed by atoms with Crippen molar-refractivity contribution in [1.82, 2.24) is 4.90 Å². The summed E-state index contributed by atoms with van der Waals surface area (Å²) >= 11 is 7.02. The van der Waals surface area contributed by atoms with Crippen molar-refractivity contribution in [3.63, 3.8) is 0 Å². The van der Waals surface area contributed by atoms with Crippen molar-refractivity contribution in [3.05, 3.63) is 87.2 Å². The van der Waals surface area contributed by atoms with E-state index in [1.54, 1.807) is 48.5 Å². The maximum Gasteiger partial charge on any atom is 0.371 e. The first-order valence-electron chi connectivity index (χ1n) is 9.97. The van der Waals surface area contributed by atoms with Gasteiger partial charge in [-0.2, -0.15) is 0 Å². The smallest absolute Gasteiger partial charge is 0.371 e. The van der Waals surface area contributed by atoms with Crippen molar-refractivity contribution in [1.29, 1.82) is 0 Å². The molecule has 34 heavy (non-hydrogen) atoms. The zero-order valence-corrected chi connectivity index (χ0v) is 19.4. The molecule has 0 aliphatic carbocycles. The lowest BCUT2D eigenvalue weighted by Gasteiger charge is -2.13. The molecule has 3 aromatic rings. The van der Waals surface area contributed by atoms with Crippen LogP contribution in [0.2, 0.25) is 5.02 Å². The van der Waals surface area contributed by atoms with Crippen LogP contribution in [0.15, 0.2) is 63.9 Å². The predicted octanol–water partition coefficient (Wildman–Crippen LogP) is 5.46. The Morgan fingerprint density at radius 1 is 1.15 bits per heavy atom. The number of carbonyl (C=O) groups excluding carboxylic acids is 2. The summed E-state index contributed by atoms with van der Waals surface area (Å²) in [6, 6.07) is 14.9. The number of nitrogens with zero attached hydrogens (tertiary/aromatic N) is 1. The van der Waals surface area contributed by atoms with Crippen LogP contribution in [0, 0.1) is 0 Å². The minimum atomic E-state index is -1.16. The van der Waals surface area contributed by atoms with Crippen LogP contribution in [0.4, 0.5) is 4.79 Å². The summed E-state index contributed by atoms with van der Waals surface area (Å²) in [4.78, 5) is 37.6. The summed E-state index contributed by atoms with van der Waals surface area (Å²) in [5.41, 5.74) is 1.32. The van der Waals surface area contributed by atoms with Gasteiger partial charge in [-0.1, -0.05) is 35.9 Å². The predicted molar refractivity (Wildman–Crippen MR) is 126 cm³/mol. The van der Waals surface area contributed by atoms with E-state index >= 15 is 0 Å². The van der Waals surface area contributed by atoms with Gasteiger partial charge in [-0.25, -0.2) is 4.79 Å². The van der Waals surface area contributed by atoms with Gasteiger partial charge in [-0.3, -0.25) is 14.5 Å². The number of carbonyl (C=O) groups is 3. The Balaban J connectivity index is 1.48. The quantitative estimate of drug-likeness (QED) is 0.407. The van der Waals surface area contributed by atoms with E-state index in [0.717, 1.165) is 16.7 Å². The maximum atomic E-state index is 12.8. The molecule has 0 saturated carbocycles. The Kier molecular flexibility index (Phi) is 6.95. The first-order valence-corrected chi connectivity index (χ1v) is 11.2. The number of ether oxygens (including phenoxy) is 2. The minimum absolute atomic E-state index is 0.00389. The highest BCUT2D eigenvalue weighted by molar-refractivity contribution is 8.18. The summed E-state index contributed by atoms with van der Waals surface area (Å²) in [6.07, 6.45) is 1.61. The third-order valence-electron chi connectivity index (χ3n) is 4.89. The van der Waals surface area contributed by atoms with Crippen LogP contribution in [0.25, 0.3) is 6.08 Å². The zero-order chi connectivity index (χ0) is 24.2. The number of hydrogen-bond donors (Lipinski definition) is 1. The fraction of sp³-hybridized carbons (Fsp3) is 0.125. The minimum Gasteiger partial charge on any atom is -0.493 e. The Morgan fingerprint density at radius 2 is 1.94 bits per heavy atom. The molecule has 174 valence electrons. The fourth-order valence-corrected chi connectivity index (χ4v) is 4.23. The first kappa shape index (κ1) is 23.5. The van der Waals surface area contributed by atoms with Crippen LogP contribution in [0.3, 0.4) is 0 Å². The molecule has 4 rings (SSSR count). The van der Waals surface area contributed by atoms with E-state index in [1.807, 2.05) is 0 Å². The van der Waals surface area contributed by atoms with Crippen LogP contribution in [0.5, 0.6) is 11.5 Å². The molecule has 0 bridgehead atoms. The van der Waals surface area contributed by atoms with Gasteiger partial charge in [0.2, 0.25) is 5.76 Å². The van der Waals surface area contributed by atoms with Crippen LogP contribution >= 0.6 is 23.4 Å². The molecule has 1 aliphatic heterocycles. The van der Waals surface area contributed by atoms with Gasteiger partial charge in [0.1, 0.15) is 12.4 Å². The summed E-state index contributed by atoms with van der Waals surface area (Å²) in [7, 11) is 1.47. The van der Waals surface area contributed by atoms with Crippen molar-refractivity contribution in [2.45, 2.75) is 13.2 Å². The third-order valence-corrected chi connectivity index (χ3v) is 6.16. The fourth-order valence-electron chi connectivity index (χ4n) is 3.20. The third kappa shape index (κ3) is 5.11. The van der Waals surface area contributed by atoms with Gasteiger partial charge in [0, 0.05) is 5.02 Å². The molecule has 10 heteroatoms. The van der Waals surface area contributed by atoms with Crippen molar-refractivity contribution in [2.75, 3.05) is 7.11 Å². The summed E-state index contributed by atoms with van der Waals surface area (Å²) < 4.78 is 16.2. The number of carboxylic acids is 1. The molecule has 2 aromatic carbocycles. The molecule has 1 aromatic heterocycles. The summed E-state index contributed by atoms with van der Waals surface area (Å²) in [6.45, 7) is 0.0953. The Morgan fingerprint density at radius 3 is 2.65 bits per heavy atom. The van der Waals surface area contributed by atoms with Crippen molar-refractivity contribution >= 4 is 46.6 Å². The molecule has 0 atom stereocenters. The average molecular weight is 500 g/mol. The molecule has 2 heterocycles. The second-order valence-corrected chi connectivity index (χ2v) is 8.53. The van der Waals surface area contributed by atoms with Gasteiger partial charge in [0.05, 0.1) is 18.6 Å². The molecular weight excluding hydrogens is 482 g/mol. The Bertz CT molecular complexity index is 1300. The van der Waals surface area contributed by atoms with E-state index in [1.165, 1.54) is 19.2 Å². The lowest BCUT2D eigenvalue weighted by Crippen LogP contribution is -2.27. The van der Waals surface area contributed by atoms with Gasteiger partial charge in [-0.15, -0.1) is 0 Å². The molecule has 1 aliphatic rings. The normalized spacial score (nSPS) is 14.6. The number of methoxy groups -OCH3 is 1. The number of furan rings is 1. The molecule has 0 radical (unpaired) electrons. The molecule has 2 amide bonds. The summed E-state index contributed by atoms with van der Waals surface area (Å²) in [5.74, 6) is -0.598. The van der Waals surface area contributed by atoms with E-state index in [0.29, 0.717) is 33.4 Å². The van der Waals surface area contributed by atoms with E-state index < -0.39 is 11.9 Å². The first-order chi connectivity index (χ1) is 16.4. The molecular formula is C24H18ClNO7S. The highest BCUT2D eigenvalue weighted by atomic mass is 35.5. The average Bonchev–Trinajstić information content (AvgIpc) is 3.40. The second-order valence-electron chi connectivity index (χ2n) is 7.13. The SMILES string of the molecule is COc1cc(C=C2SC(=O)N(Cc3ccccc3Cl)C2=O)ccc1OCc1ccc(C(=O)O)o1. The maximum absolute atomic E-state index is 12.8. The number of carboxylic acid groups (broad SMARTS) is 1. The van der Waals surface area contributed by atoms with E-state index in [9.17, 15) is 14.4 Å². The lowest BCUT2D eigenvalue weighted by atomic mass is 10.1. The number of thioether (sulfide) groups is 1. The molecule has 1 saturated heterocycles. The summed E-state index contributed by atoms with van der Waals surface area (Å²) in [5, 5.41) is 9.05. The van der Waals surface area contributed by atoms with Crippen LogP contribution < -0.4 is 9.47 Å². The van der Waals surface area contributed by atoms with E-state index in [4.69, 9.17) is 30.6 Å². The van der Waals surface area contributed by atoms with E-state index in [2.05, 4.69) is 0 Å². The molecule has 0 spiro atoms. The van der Waals surface area contributed by atoms with Crippen LogP contribution in [-0.2, 0) is 17.9 Å². The second kappa shape index (κ2) is 10.1. The highest BCUT2D eigenvalue weighted by Gasteiger charge is 2.35. The van der Waals surface area contributed by atoms with Crippen molar-refractivity contribution in [2.24, 2.45) is 0 Å². The largest absolute Gasteiger partial charge is 0.493 e. The van der Waals surface area contributed by atoms with Gasteiger partial charge < -0.3 is 19.0 Å². The van der Waals surface area contributed by atoms with E-state index in [-0.39, 0.29) is 29.1 Å². The molecule has 0 unspecified atom stereocenters. The topological polar surface area (TPSA) is 106 Å². The number of hydrogen-bond acceptors (Lipinski definition) is 7. The monoisotopic (exact) mass is 499 g/mol. The molecule has 1 fully saturated rings. The van der Waals surface area contributed by atoms with Crippen molar-refractivity contribution < 1.29 is 33.4 Å². The number of amides is 2. The van der Waals surface area contributed by atoms with Crippen LogP contribution in [0.1, 0.15) is 27.4 Å².